The highest BCUT2D eigenvalue weighted by molar-refractivity contribution is 5.80. The Morgan fingerprint density at radius 1 is 1.39 bits per heavy atom. The van der Waals surface area contributed by atoms with Gasteiger partial charge in [0.25, 0.3) is 0 Å². The molecule has 1 aromatic carbocycles. The number of hydrogen-bond donors (Lipinski definition) is 1. The van der Waals surface area contributed by atoms with Crippen LogP contribution in [-0.4, -0.2) is 50.8 Å². The summed E-state index contributed by atoms with van der Waals surface area (Å²) in [6.07, 6.45) is 2.37. The van der Waals surface area contributed by atoms with Crippen LogP contribution in [0.4, 0.5) is 0 Å². The van der Waals surface area contributed by atoms with E-state index in [-0.39, 0.29) is 0 Å². The molecule has 126 valence electrons. The fourth-order valence-electron chi connectivity index (χ4n) is 3.54. The van der Waals surface area contributed by atoms with Gasteiger partial charge in [-0.15, -0.1) is 0 Å². The summed E-state index contributed by atoms with van der Waals surface area (Å²) in [5, 5.41) is 3.49. The topological polar surface area (TPSA) is 46.1 Å². The molecule has 0 saturated carbocycles. The molecule has 5 heteroatoms. The lowest BCUT2D eigenvalue weighted by atomic mass is 9.87. The van der Waals surface area contributed by atoms with Crippen molar-refractivity contribution in [1.82, 2.24) is 10.2 Å². The van der Waals surface area contributed by atoms with Crippen LogP contribution in [0.25, 0.3) is 0 Å². The molecule has 3 rings (SSSR count). The molecule has 1 unspecified atom stereocenters. The van der Waals surface area contributed by atoms with Crippen LogP contribution in [-0.2, 0) is 11.3 Å². The number of guanidine groups is 1. The molecule has 1 spiro atoms. The van der Waals surface area contributed by atoms with E-state index >= 15 is 0 Å². The third kappa shape index (κ3) is 3.61. The summed E-state index contributed by atoms with van der Waals surface area (Å²) in [4.78, 5) is 6.82. The van der Waals surface area contributed by atoms with E-state index in [1.165, 1.54) is 12.8 Å². The molecule has 23 heavy (non-hydrogen) atoms. The van der Waals surface area contributed by atoms with Crippen molar-refractivity contribution < 1.29 is 9.47 Å². The maximum atomic E-state index is 5.69. The Hall–Kier alpha value is -1.75. The number of nitrogens with one attached hydrogen (secondary N) is 1. The van der Waals surface area contributed by atoms with Crippen molar-refractivity contribution in [3.63, 3.8) is 0 Å². The minimum atomic E-state index is 0.348. The van der Waals surface area contributed by atoms with Crippen molar-refractivity contribution in [2.24, 2.45) is 10.4 Å². The molecule has 0 bridgehead atoms. The first-order chi connectivity index (χ1) is 11.3. The minimum Gasteiger partial charge on any atom is -0.494 e. The van der Waals surface area contributed by atoms with Gasteiger partial charge in [0.2, 0.25) is 0 Å². The number of nitrogens with zero attached hydrogens (tertiary/aromatic N) is 2. The van der Waals surface area contributed by atoms with Crippen molar-refractivity contribution in [2.45, 2.75) is 26.3 Å². The molecule has 0 radical (unpaired) electrons. The monoisotopic (exact) mass is 317 g/mol. The lowest BCUT2D eigenvalue weighted by Crippen LogP contribution is -2.41. The highest BCUT2D eigenvalue weighted by Gasteiger charge is 2.42. The number of rotatable bonds is 4. The fourth-order valence-corrected chi connectivity index (χ4v) is 3.54. The van der Waals surface area contributed by atoms with Gasteiger partial charge in [-0.25, -0.2) is 0 Å². The van der Waals surface area contributed by atoms with E-state index in [0.29, 0.717) is 12.0 Å². The van der Waals surface area contributed by atoms with E-state index in [9.17, 15) is 0 Å². The van der Waals surface area contributed by atoms with Crippen LogP contribution in [0, 0.1) is 5.41 Å². The first kappa shape index (κ1) is 16.1. The molecule has 5 nitrogen and oxygen atoms in total. The molecular formula is C18H27N3O2. The number of ether oxygens (including phenoxy) is 2. The van der Waals surface area contributed by atoms with Crippen LogP contribution in [0.5, 0.6) is 5.75 Å². The highest BCUT2D eigenvalue weighted by Crippen LogP contribution is 2.38. The number of likely N-dealkylation sites (tertiary alicyclic amines) is 1. The molecule has 2 aliphatic rings. The summed E-state index contributed by atoms with van der Waals surface area (Å²) in [5.74, 6) is 1.92. The number of benzene rings is 1. The van der Waals surface area contributed by atoms with Gasteiger partial charge in [-0.05, 0) is 25.8 Å². The van der Waals surface area contributed by atoms with Crippen molar-refractivity contribution in [3.05, 3.63) is 29.8 Å². The lowest BCUT2D eigenvalue weighted by molar-refractivity contribution is 0.156. The lowest BCUT2D eigenvalue weighted by Gasteiger charge is -2.25. The fraction of sp³-hybridized carbons (Fsp3) is 0.611. The Morgan fingerprint density at radius 3 is 3.00 bits per heavy atom. The molecule has 2 heterocycles. The Kier molecular flexibility index (Phi) is 5.06. The Labute approximate surface area is 138 Å². The zero-order valence-electron chi connectivity index (χ0n) is 14.2. The van der Waals surface area contributed by atoms with Gasteiger partial charge >= 0.3 is 0 Å². The second-order valence-electron chi connectivity index (χ2n) is 6.42. The predicted octanol–water partition coefficient (Wildman–Crippen LogP) is 2.27. The zero-order chi connectivity index (χ0) is 16.1. The number of hydrogen-bond acceptors (Lipinski definition) is 3. The normalized spacial score (nSPS) is 24.4. The molecule has 2 fully saturated rings. The molecule has 1 N–H and O–H groups in total. The van der Waals surface area contributed by atoms with E-state index < -0.39 is 0 Å². The molecule has 1 atom stereocenters. The van der Waals surface area contributed by atoms with Gasteiger partial charge in [0.05, 0.1) is 13.2 Å². The molecule has 2 saturated heterocycles. The van der Waals surface area contributed by atoms with Gasteiger partial charge in [0.15, 0.2) is 5.96 Å². The standard InChI is InChI=1S/C18H27N3O2/c1-3-23-16-7-5-4-6-15(16)12-20-17(19-2)21-10-8-18(13-21)9-11-22-14-18/h4-7H,3,8-14H2,1-2H3,(H,19,20). The van der Waals surface area contributed by atoms with Crippen LogP contribution in [0.15, 0.2) is 29.3 Å². The molecule has 2 aliphatic heterocycles. The van der Waals surface area contributed by atoms with E-state index in [2.05, 4.69) is 21.3 Å². The van der Waals surface area contributed by atoms with Gasteiger partial charge in [-0.3, -0.25) is 4.99 Å². The summed E-state index contributed by atoms with van der Waals surface area (Å²) in [6.45, 7) is 7.31. The summed E-state index contributed by atoms with van der Waals surface area (Å²) in [5.41, 5.74) is 1.51. The van der Waals surface area contributed by atoms with E-state index in [0.717, 1.165) is 50.1 Å². The van der Waals surface area contributed by atoms with Gasteiger partial charge in [-0.1, -0.05) is 18.2 Å². The quantitative estimate of drug-likeness (QED) is 0.683. The van der Waals surface area contributed by atoms with Crippen molar-refractivity contribution >= 4 is 5.96 Å². The summed E-state index contributed by atoms with van der Waals surface area (Å²) < 4.78 is 11.3. The predicted molar refractivity (Wildman–Crippen MR) is 91.9 cm³/mol. The van der Waals surface area contributed by atoms with Gasteiger partial charge < -0.3 is 19.7 Å². The van der Waals surface area contributed by atoms with Crippen molar-refractivity contribution in [1.29, 1.82) is 0 Å². The largest absolute Gasteiger partial charge is 0.494 e. The second-order valence-corrected chi connectivity index (χ2v) is 6.42. The first-order valence-electron chi connectivity index (χ1n) is 8.50. The van der Waals surface area contributed by atoms with Crippen LogP contribution in [0.2, 0.25) is 0 Å². The Morgan fingerprint density at radius 2 is 2.26 bits per heavy atom. The van der Waals surface area contributed by atoms with Crippen molar-refractivity contribution in [2.75, 3.05) is 40.0 Å². The van der Waals surface area contributed by atoms with E-state index in [1.54, 1.807) is 0 Å². The summed E-state index contributed by atoms with van der Waals surface area (Å²) in [6, 6.07) is 8.17. The van der Waals surface area contributed by atoms with Crippen LogP contribution in [0.1, 0.15) is 25.3 Å². The minimum absolute atomic E-state index is 0.348. The van der Waals surface area contributed by atoms with Crippen molar-refractivity contribution in [3.8, 4) is 5.75 Å². The Balaban J connectivity index is 1.61. The first-order valence-corrected chi connectivity index (χ1v) is 8.50. The molecule has 1 aromatic rings. The highest BCUT2D eigenvalue weighted by atomic mass is 16.5. The smallest absolute Gasteiger partial charge is 0.193 e. The average Bonchev–Trinajstić information content (AvgIpc) is 3.20. The molecule has 0 aromatic heterocycles. The zero-order valence-corrected chi connectivity index (χ0v) is 14.2. The number of aliphatic imine (C=N–C) groups is 1. The van der Waals surface area contributed by atoms with Crippen LogP contribution >= 0.6 is 0 Å². The van der Waals surface area contributed by atoms with E-state index in [4.69, 9.17) is 9.47 Å². The van der Waals surface area contributed by atoms with Crippen LogP contribution in [0.3, 0.4) is 0 Å². The maximum Gasteiger partial charge on any atom is 0.193 e. The summed E-state index contributed by atoms with van der Waals surface area (Å²) >= 11 is 0. The molecule has 0 amide bonds. The van der Waals surface area contributed by atoms with E-state index in [1.807, 2.05) is 32.2 Å². The molecular weight excluding hydrogens is 290 g/mol. The Bertz CT molecular complexity index is 553. The number of para-hydroxylation sites is 1. The SMILES string of the molecule is CCOc1ccccc1CNC(=NC)N1CCC2(CCOC2)C1. The summed E-state index contributed by atoms with van der Waals surface area (Å²) in [7, 11) is 1.85. The molecule has 0 aliphatic carbocycles. The van der Waals surface area contributed by atoms with Gasteiger partial charge in [0, 0.05) is 44.3 Å². The van der Waals surface area contributed by atoms with Crippen LogP contribution < -0.4 is 10.1 Å². The third-order valence-electron chi connectivity index (χ3n) is 4.84. The third-order valence-corrected chi connectivity index (χ3v) is 4.84. The maximum absolute atomic E-state index is 5.69. The van der Waals surface area contributed by atoms with Gasteiger partial charge in [-0.2, -0.15) is 0 Å². The average molecular weight is 317 g/mol. The second kappa shape index (κ2) is 7.21. The van der Waals surface area contributed by atoms with Gasteiger partial charge in [0.1, 0.15) is 5.75 Å².